The van der Waals surface area contributed by atoms with Crippen molar-refractivity contribution in [1.82, 2.24) is 0 Å². The summed E-state index contributed by atoms with van der Waals surface area (Å²) in [6, 6.07) is 0.350. The molecule has 0 unspecified atom stereocenters. The van der Waals surface area contributed by atoms with Gasteiger partial charge in [0.15, 0.2) is 0 Å². The average molecular weight is 167 g/mol. The summed E-state index contributed by atoms with van der Waals surface area (Å²) in [5.74, 6) is 1.24. The van der Waals surface area contributed by atoms with Crippen LogP contribution >= 0.6 is 0 Å². The van der Waals surface area contributed by atoms with E-state index in [-0.39, 0.29) is 0 Å². The lowest BCUT2D eigenvalue weighted by molar-refractivity contribution is 0.274. The normalized spacial score (nSPS) is 24.8. The molecule has 0 spiro atoms. The molecule has 0 aromatic rings. The maximum atomic E-state index is 6.13. The zero-order chi connectivity index (χ0) is 8.97. The van der Waals surface area contributed by atoms with Gasteiger partial charge in [-0.25, -0.2) is 0 Å². The Kier molecular flexibility index (Phi) is 3.80. The monoisotopic (exact) mass is 167 g/mol. The fraction of sp³-hybridized carbons (Fsp3) is 0.818. The first-order valence-electron chi connectivity index (χ1n) is 5.14. The summed E-state index contributed by atoms with van der Waals surface area (Å²) in [5, 5.41) is 0. The van der Waals surface area contributed by atoms with Crippen LogP contribution in [0.15, 0.2) is 12.7 Å². The Bertz CT molecular complexity index is 136. The van der Waals surface area contributed by atoms with Crippen molar-refractivity contribution >= 4 is 0 Å². The highest BCUT2D eigenvalue weighted by Gasteiger charge is 2.22. The van der Waals surface area contributed by atoms with Gasteiger partial charge in [-0.3, -0.25) is 0 Å². The third-order valence-electron chi connectivity index (χ3n) is 3.17. The Balaban J connectivity index is 2.38. The molecular weight excluding hydrogens is 146 g/mol. The first kappa shape index (κ1) is 9.79. The molecular formula is C11H21N. The third-order valence-corrected chi connectivity index (χ3v) is 3.17. The van der Waals surface area contributed by atoms with Crippen LogP contribution in [0.1, 0.15) is 39.0 Å². The van der Waals surface area contributed by atoms with E-state index in [4.69, 9.17) is 5.73 Å². The van der Waals surface area contributed by atoms with Crippen molar-refractivity contribution in [1.29, 1.82) is 0 Å². The van der Waals surface area contributed by atoms with E-state index in [2.05, 4.69) is 13.5 Å². The van der Waals surface area contributed by atoms with Crippen LogP contribution in [0.5, 0.6) is 0 Å². The molecule has 0 amide bonds. The largest absolute Gasteiger partial charge is 0.327 e. The van der Waals surface area contributed by atoms with Crippen molar-refractivity contribution in [2.24, 2.45) is 17.6 Å². The van der Waals surface area contributed by atoms with Crippen LogP contribution in [0.3, 0.4) is 0 Å². The molecule has 1 heteroatoms. The third kappa shape index (κ3) is 2.34. The number of rotatable bonds is 3. The van der Waals surface area contributed by atoms with Gasteiger partial charge in [-0.1, -0.05) is 32.3 Å². The van der Waals surface area contributed by atoms with E-state index >= 15 is 0 Å². The van der Waals surface area contributed by atoms with Crippen LogP contribution in [-0.2, 0) is 0 Å². The molecule has 2 atom stereocenters. The van der Waals surface area contributed by atoms with Crippen molar-refractivity contribution in [3.05, 3.63) is 12.7 Å². The summed E-state index contributed by atoms with van der Waals surface area (Å²) in [7, 11) is 0. The van der Waals surface area contributed by atoms with Crippen molar-refractivity contribution in [2.75, 3.05) is 0 Å². The van der Waals surface area contributed by atoms with Crippen LogP contribution in [0.4, 0.5) is 0 Å². The second-order valence-electron chi connectivity index (χ2n) is 4.07. The van der Waals surface area contributed by atoms with Crippen LogP contribution < -0.4 is 5.73 Å². The Hall–Kier alpha value is -0.300. The second kappa shape index (κ2) is 4.66. The van der Waals surface area contributed by atoms with Crippen LogP contribution in [-0.4, -0.2) is 6.04 Å². The fourth-order valence-corrected chi connectivity index (χ4v) is 2.11. The van der Waals surface area contributed by atoms with Gasteiger partial charge in [0.2, 0.25) is 0 Å². The predicted octanol–water partition coefficient (Wildman–Crippen LogP) is 2.72. The summed E-state index contributed by atoms with van der Waals surface area (Å²) in [5.41, 5.74) is 6.13. The molecule has 0 aliphatic heterocycles. The first-order chi connectivity index (χ1) is 5.75. The predicted molar refractivity (Wildman–Crippen MR) is 53.9 cm³/mol. The molecule has 0 aromatic heterocycles. The van der Waals surface area contributed by atoms with Crippen molar-refractivity contribution in [2.45, 2.75) is 45.1 Å². The van der Waals surface area contributed by atoms with Gasteiger partial charge in [-0.15, -0.1) is 6.58 Å². The maximum absolute atomic E-state index is 6.13. The average Bonchev–Trinajstić information content (AvgIpc) is 2.17. The number of hydrogen-bond acceptors (Lipinski definition) is 1. The molecule has 1 fully saturated rings. The standard InChI is InChI=1S/C11H21N/c1-3-9(2)11(12)10-7-5-4-6-8-10/h3,9-11H,1,4-8,12H2,2H3/t9-,11+/m1/s1. The zero-order valence-corrected chi connectivity index (χ0v) is 8.13. The Morgan fingerprint density at radius 3 is 2.42 bits per heavy atom. The van der Waals surface area contributed by atoms with Gasteiger partial charge >= 0.3 is 0 Å². The molecule has 12 heavy (non-hydrogen) atoms. The van der Waals surface area contributed by atoms with Gasteiger partial charge in [0.1, 0.15) is 0 Å². The topological polar surface area (TPSA) is 26.0 Å². The number of nitrogens with two attached hydrogens (primary N) is 1. The smallest absolute Gasteiger partial charge is 0.0128 e. The summed E-state index contributed by atoms with van der Waals surface area (Å²) in [6.45, 7) is 5.97. The van der Waals surface area contributed by atoms with E-state index in [1.54, 1.807) is 0 Å². The molecule has 1 saturated carbocycles. The van der Waals surface area contributed by atoms with E-state index in [0.717, 1.165) is 5.92 Å². The first-order valence-corrected chi connectivity index (χ1v) is 5.14. The maximum Gasteiger partial charge on any atom is 0.0128 e. The summed E-state index contributed by atoms with van der Waals surface area (Å²) in [4.78, 5) is 0. The molecule has 1 rings (SSSR count). The quantitative estimate of drug-likeness (QED) is 0.643. The van der Waals surface area contributed by atoms with Gasteiger partial charge in [0.05, 0.1) is 0 Å². The Labute approximate surface area is 76.0 Å². The van der Waals surface area contributed by atoms with E-state index in [1.807, 2.05) is 6.08 Å². The molecule has 0 heterocycles. The molecule has 0 saturated heterocycles. The minimum absolute atomic E-state index is 0.350. The van der Waals surface area contributed by atoms with Crippen LogP contribution in [0, 0.1) is 11.8 Å². The van der Waals surface area contributed by atoms with Crippen LogP contribution in [0.2, 0.25) is 0 Å². The molecule has 0 bridgehead atoms. The summed E-state index contributed by atoms with van der Waals surface area (Å²) >= 11 is 0. The highest BCUT2D eigenvalue weighted by molar-refractivity contribution is 4.88. The van der Waals surface area contributed by atoms with Gasteiger partial charge < -0.3 is 5.73 Å². The Morgan fingerprint density at radius 2 is 1.92 bits per heavy atom. The lowest BCUT2D eigenvalue weighted by Gasteiger charge is -2.30. The summed E-state index contributed by atoms with van der Waals surface area (Å²) < 4.78 is 0. The lowest BCUT2D eigenvalue weighted by atomic mass is 9.80. The number of hydrogen-bond donors (Lipinski definition) is 1. The molecule has 2 N–H and O–H groups in total. The highest BCUT2D eigenvalue weighted by Crippen LogP contribution is 2.28. The molecule has 0 aromatic carbocycles. The second-order valence-corrected chi connectivity index (χ2v) is 4.07. The van der Waals surface area contributed by atoms with Gasteiger partial charge in [-0.05, 0) is 24.7 Å². The molecule has 1 aliphatic carbocycles. The van der Waals surface area contributed by atoms with Crippen molar-refractivity contribution in [3.63, 3.8) is 0 Å². The zero-order valence-electron chi connectivity index (χ0n) is 8.13. The Morgan fingerprint density at radius 1 is 1.33 bits per heavy atom. The van der Waals surface area contributed by atoms with Crippen molar-refractivity contribution < 1.29 is 0 Å². The van der Waals surface area contributed by atoms with Crippen molar-refractivity contribution in [3.8, 4) is 0 Å². The molecule has 1 aliphatic rings. The minimum atomic E-state index is 0.350. The molecule has 70 valence electrons. The van der Waals surface area contributed by atoms with E-state index < -0.39 is 0 Å². The van der Waals surface area contributed by atoms with Gasteiger partial charge in [0, 0.05) is 6.04 Å². The fourth-order valence-electron chi connectivity index (χ4n) is 2.11. The highest BCUT2D eigenvalue weighted by atomic mass is 14.7. The lowest BCUT2D eigenvalue weighted by Crippen LogP contribution is -2.36. The van der Waals surface area contributed by atoms with Gasteiger partial charge in [0.25, 0.3) is 0 Å². The van der Waals surface area contributed by atoms with E-state index in [1.165, 1.54) is 32.1 Å². The van der Waals surface area contributed by atoms with Gasteiger partial charge in [-0.2, -0.15) is 0 Å². The molecule has 1 nitrogen and oxygen atoms in total. The molecule has 0 radical (unpaired) electrons. The minimum Gasteiger partial charge on any atom is -0.327 e. The summed E-state index contributed by atoms with van der Waals surface area (Å²) in [6.07, 6.45) is 8.81. The van der Waals surface area contributed by atoms with Crippen LogP contribution in [0.25, 0.3) is 0 Å². The van der Waals surface area contributed by atoms with E-state index in [0.29, 0.717) is 12.0 Å². The van der Waals surface area contributed by atoms with E-state index in [9.17, 15) is 0 Å². The SMILES string of the molecule is C=C[C@@H](C)[C@H](N)C1CCCCC1.